The van der Waals surface area contributed by atoms with Crippen LogP contribution in [-0.2, 0) is 6.42 Å². The lowest BCUT2D eigenvalue weighted by Gasteiger charge is -2.29. The van der Waals surface area contributed by atoms with Crippen LogP contribution in [-0.4, -0.2) is 42.3 Å². The third-order valence-electron chi connectivity index (χ3n) is 5.58. The van der Waals surface area contributed by atoms with Gasteiger partial charge in [0, 0.05) is 38.2 Å². The number of hydrogen-bond acceptors (Lipinski definition) is 4. The van der Waals surface area contributed by atoms with Crippen LogP contribution in [0.2, 0.25) is 0 Å². The standard InChI is InChI=1S/C23H36N4O2.HI/c1-5-23(6-2,13-15-28)17-26-22(24-7-3)25-14-12-20-16-29-21(27-20)19-10-8-18(4)9-11-19;/h8-11,16,28H,5-7,12-15,17H2,1-4H3,(H2,24,25,26);1H. The molecular formula is C23H37IN4O2. The second-order valence-corrected chi connectivity index (χ2v) is 7.56. The van der Waals surface area contributed by atoms with Crippen molar-refractivity contribution in [1.29, 1.82) is 0 Å². The summed E-state index contributed by atoms with van der Waals surface area (Å²) < 4.78 is 5.64. The van der Waals surface area contributed by atoms with Crippen LogP contribution in [0.5, 0.6) is 0 Å². The molecule has 2 rings (SSSR count). The Bertz CT molecular complexity index is 755. The Hall–Kier alpha value is -1.61. The van der Waals surface area contributed by atoms with Crippen LogP contribution in [0.15, 0.2) is 39.9 Å². The lowest BCUT2D eigenvalue weighted by Crippen LogP contribution is -2.39. The van der Waals surface area contributed by atoms with Crippen LogP contribution >= 0.6 is 24.0 Å². The zero-order valence-corrected chi connectivity index (χ0v) is 21.0. The van der Waals surface area contributed by atoms with E-state index in [2.05, 4.69) is 55.4 Å². The van der Waals surface area contributed by atoms with Crippen molar-refractivity contribution in [2.45, 2.75) is 53.4 Å². The van der Waals surface area contributed by atoms with Gasteiger partial charge >= 0.3 is 0 Å². The topological polar surface area (TPSA) is 82.7 Å². The number of aryl methyl sites for hydroxylation is 1. The van der Waals surface area contributed by atoms with E-state index in [0.717, 1.165) is 56.0 Å². The Morgan fingerprint density at radius 1 is 1.13 bits per heavy atom. The van der Waals surface area contributed by atoms with Crippen LogP contribution < -0.4 is 10.6 Å². The maximum absolute atomic E-state index is 9.40. The minimum absolute atomic E-state index is 0. The number of aliphatic hydroxyl groups is 1. The van der Waals surface area contributed by atoms with Gasteiger partial charge in [0.15, 0.2) is 5.96 Å². The number of aliphatic imine (C=N–C) groups is 1. The number of aliphatic hydroxyl groups excluding tert-OH is 1. The van der Waals surface area contributed by atoms with Crippen LogP contribution in [0.4, 0.5) is 0 Å². The van der Waals surface area contributed by atoms with Crippen LogP contribution in [0.25, 0.3) is 11.5 Å². The van der Waals surface area contributed by atoms with Crippen molar-refractivity contribution in [1.82, 2.24) is 15.6 Å². The molecule has 0 aliphatic heterocycles. The minimum Gasteiger partial charge on any atom is -0.444 e. The fraction of sp³-hybridized carbons (Fsp3) is 0.565. The molecule has 2 aromatic rings. The van der Waals surface area contributed by atoms with E-state index in [1.54, 1.807) is 6.26 Å². The number of halogens is 1. The molecule has 0 saturated heterocycles. The Balaban J connectivity index is 0.00000450. The molecule has 0 fully saturated rings. The van der Waals surface area contributed by atoms with Gasteiger partial charge in [-0.05, 0) is 50.7 Å². The van der Waals surface area contributed by atoms with Gasteiger partial charge in [0.05, 0.1) is 5.69 Å². The van der Waals surface area contributed by atoms with Gasteiger partial charge in [-0.25, -0.2) is 4.98 Å². The monoisotopic (exact) mass is 528 g/mol. The first-order valence-electron chi connectivity index (χ1n) is 10.7. The predicted molar refractivity (Wildman–Crippen MR) is 134 cm³/mol. The molecule has 0 aliphatic carbocycles. The summed E-state index contributed by atoms with van der Waals surface area (Å²) in [6.45, 7) is 10.9. The van der Waals surface area contributed by atoms with E-state index in [-0.39, 0.29) is 36.0 Å². The van der Waals surface area contributed by atoms with E-state index in [1.165, 1.54) is 5.56 Å². The van der Waals surface area contributed by atoms with Gasteiger partial charge in [-0.3, -0.25) is 4.99 Å². The molecule has 0 amide bonds. The molecule has 7 heteroatoms. The fourth-order valence-electron chi connectivity index (χ4n) is 3.29. The molecule has 0 saturated carbocycles. The number of benzene rings is 1. The third kappa shape index (κ3) is 7.91. The Morgan fingerprint density at radius 2 is 1.83 bits per heavy atom. The van der Waals surface area contributed by atoms with Crippen LogP contribution in [0.3, 0.4) is 0 Å². The number of nitrogens with zero attached hydrogens (tertiary/aromatic N) is 2. The van der Waals surface area contributed by atoms with E-state index in [0.29, 0.717) is 12.4 Å². The van der Waals surface area contributed by atoms with Crippen molar-refractivity contribution in [3.63, 3.8) is 0 Å². The lowest BCUT2D eigenvalue weighted by molar-refractivity contribution is 0.175. The Morgan fingerprint density at radius 3 is 2.43 bits per heavy atom. The van der Waals surface area contributed by atoms with E-state index in [1.807, 2.05) is 12.1 Å². The summed E-state index contributed by atoms with van der Waals surface area (Å²) in [5.41, 5.74) is 3.19. The lowest BCUT2D eigenvalue weighted by atomic mass is 9.79. The third-order valence-corrected chi connectivity index (χ3v) is 5.58. The zero-order chi connectivity index (χ0) is 21.1. The van der Waals surface area contributed by atoms with Crippen molar-refractivity contribution in [3.8, 4) is 11.5 Å². The molecule has 6 nitrogen and oxygen atoms in total. The van der Waals surface area contributed by atoms with Gasteiger partial charge in [-0.1, -0.05) is 31.5 Å². The Labute approximate surface area is 198 Å². The summed E-state index contributed by atoms with van der Waals surface area (Å²) in [5.74, 6) is 1.46. The highest BCUT2D eigenvalue weighted by Crippen LogP contribution is 2.30. The normalized spacial score (nSPS) is 11.8. The molecule has 30 heavy (non-hydrogen) atoms. The maximum atomic E-state index is 9.40. The molecule has 0 aliphatic rings. The van der Waals surface area contributed by atoms with Crippen molar-refractivity contribution in [2.75, 3.05) is 26.2 Å². The number of hydrogen-bond donors (Lipinski definition) is 3. The highest BCUT2D eigenvalue weighted by Gasteiger charge is 2.25. The van der Waals surface area contributed by atoms with Crippen molar-refractivity contribution in [3.05, 3.63) is 41.8 Å². The molecule has 0 bridgehead atoms. The number of aromatic nitrogens is 1. The minimum atomic E-state index is 0. The number of nitrogens with one attached hydrogen (secondary N) is 2. The van der Waals surface area contributed by atoms with Gasteiger partial charge in [0.1, 0.15) is 6.26 Å². The highest BCUT2D eigenvalue weighted by atomic mass is 127. The summed E-state index contributed by atoms with van der Waals surface area (Å²) in [5, 5.41) is 16.1. The predicted octanol–water partition coefficient (Wildman–Crippen LogP) is 4.55. The summed E-state index contributed by atoms with van der Waals surface area (Å²) >= 11 is 0. The molecule has 1 heterocycles. The molecule has 0 atom stereocenters. The van der Waals surface area contributed by atoms with Crippen molar-refractivity contribution in [2.24, 2.45) is 10.4 Å². The summed E-state index contributed by atoms with van der Waals surface area (Å²) in [6.07, 6.45) is 5.27. The van der Waals surface area contributed by atoms with Crippen molar-refractivity contribution >= 4 is 29.9 Å². The van der Waals surface area contributed by atoms with Crippen molar-refractivity contribution < 1.29 is 9.52 Å². The molecular weight excluding hydrogens is 491 g/mol. The molecule has 0 radical (unpaired) electrons. The molecule has 168 valence electrons. The van der Waals surface area contributed by atoms with E-state index in [9.17, 15) is 5.11 Å². The molecule has 0 spiro atoms. The van der Waals surface area contributed by atoms with Gasteiger partial charge in [0.25, 0.3) is 0 Å². The molecule has 1 aromatic carbocycles. The first kappa shape index (κ1) is 26.4. The van der Waals surface area contributed by atoms with Crippen LogP contribution in [0.1, 0.15) is 51.3 Å². The molecule has 1 aromatic heterocycles. The smallest absolute Gasteiger partial charge is 0.226 e. The van der Waals surface area contributed by atoms with E-state index >= 15 is 0 Å². The number of rotatable bonds is 11. The second-order valence-electron chi connectivity index (χ2n) is 7.56. The fourth-order valence-corrected chi connectivity index (χ4v) is 3.29. The number of guanidine groups is 1. The van der Waals surface area contributed by atoms with E-state index in [4.69, 9.17) is 9.41 Å². The van der Waals surface area contributed by atoms with Crippen LogP contribution in [0, 0.1) is 12.3 Å². The molecule has 0 unspecified atom stereocenters. The van der Waals surface area contributed by atoms with Gasteiger partial charge < -0.3 is 20.2 Å². The average Bonchev–Trinajstić information content (AvgIpc) is 3.20. The quantitative estimate of drug-likeness (QED) is 0.227. The first-order chi connectivity index (χ1) is 14.1. The molecule has 3 N–H and O–H groups in total. The van der Waals surface area contributed by atoms with Gasteiger partial charge in [-0.2, -0.15) is 0 Å². The Kier molecular flexibility index (Phi) is 12.0. The SMILES string of the molecule is CCNC(=NCC(CC)(CC)CCO)NCCc1coc(-c2ccc(C)cc2)n1.I. The number of oxazole rings is 1. The van der Waals surface area contributed by atoms with Gasteiger partial charge in [-0.15, -0.1) is 24.0 Å². The zero-order valence-electron chi connectivity index (χ0n) is 18.7. The summed E-state index contributed by atoms with van der Waals surface area (Å²) in [7, 11) is 0. The maximum Gasteiger partial charge on any atom is 0.226 e. The first-order valence-corrected chi connectivity index (χ1v) is 10.7. The average molecular weight is 528 g/mol. The summed E-state index contributed by atoms with van der Waals surface area (Å²) in [6, 6.07) is 8.17. The second kappa shape index (κ2) is 13.6. The highest BCUT2D eigenvalue weighted by molar-refractivity contribution is 14.0. The van der Waals surface area contributed by atoms with E-state index < -0.39 is 0 Å². The largest absolute Gasteiger partial charge is 0.444 e. The van der Waals surface area contributed by atoms with Gasteiger partial charge in [0.2, 0.25) is 5.89 Å². The summed E-state index contributed by atoms with van der Waals surface area (Å²) in [4.78, 5) is 9.37.